The maximum atomic E-state index is 13.8. The van der Waals surface area contributed by atoms with Crippen molar-refractivity contribution in [2.45, 2.75) is 46.3 Å². The number of hydrogen-bond acceptors (Lipinski definition) is 2. The number of aliphatic hydroxyl groups is 1. The van der Waals surface area contributed by atoms with Crippen molar-refractivity contribution in [3.05, 3.63) is 35.1 Å². The molecule has 0 heterocycles. The molecule has 0 aliphatic carbocycles. The van der Waals surface area contributed by atoms with Crippen LogP contribution in [0.1, 0.15) is 44.9 Å². The van der Waals surface area contributed by atoms with Crippen molar-refractivity contribution in [3.8, 4) is 0 Å². The van der Waals surface area contributed by atoms with Gasteiger partial charge in [-0.1, -0.05) is 31.5 Å². The maximum absolute atomic E-state index is 13.8. The number of aryl methyl sites for hydroxylation is 1. The van der Waals surface area contributed by atoms with Crippen molar-refractivity contribution in [2.75, 3.05) is 13.1 Å². The predicted octanol–water partition coefficient (Wildman–Crippen LogP) is 3.29. The zero-order chi connectivity index (χ0) is 13.9. The molecular weight excluding hydrogens is 229 g/mol. The van der Waals surface area contributed by atoms with E-state index in [1.54, 1.807) is 12.1 Å². The molecule has 1 atom stereocenters. The van der Waals surface area contributed by atoms with Crippen LogP contribution in [0, 0.1) is 12.7 Å². The summed E-state index contributed by atoms with van der Waals surface area (Å²) in [6, 6.07) is 4.87. The topological polar surface area (TPSA) is 23.5 Å². The summed E-state index contributed by atoms with van der Waals surface area (Å²) in [4.78, 5) is 2.14. The van der Waals surface area contributed by atoms with Crippen LogP contribution in [0.25, 0.3) is 0 Å². The van der Waals surface area contributed by atoms with Gasteiger partial charge in [-0.05, 0) is 39.9 Å². The number of nitrogens with zero attached hydrogens (tertiary/aromatic N) is 1. The molecule has 0 amide bonds. The van der Waals surface area contributed by atoms with E-state index < -0.39 is 11.6 Å². The summed E-state index contributed by atoms with van der Waals surface area (Å²) in [6.45, 7) is 11.6. The number of halogens is 1. The van der Waals surface area contributed by atoms with Crippen LogP contribution < -0.4 is 0 Å². The number of rotatable bonds is 5. The fraction of sp³-hybridized carbons (Fsp3) is 0.600. The molecule has 1 N–H and O–H groups in total. The lowest BCUT2D eigenvalue weighted by Crippen LogP contribution is -2.48. The third-order valence-corrected chi connectivity index (χ3v) is 3.69. The van der Waals surface area contributed by atoms with E-state index in [0.29, 0.717) is 5.56 Å². The van der Waals surface area contributed by atoms with Gasteiger partial charge >= 0.3 is 0 Å². The van der Waals surface area contributed by atoms with Crippen LogP contribution in [0.15, 0.2) is 18.2 Å². The minimum absolute atomic E-state index is 0.340. The fourth-order valence-electron chi connectivity index (χ4n) is 2.46. The first-order valence-corrected chi connectivity index (χ1v) is 6.53. The monoisotopic (exact) mass is 253 g/mol. The Morgan fingerprint density at radius 2 is 1.83 bits per heavy atom. The van der Waals surface area contributed by atoms with Gasteiger partial charge in [0.25, 0.3) is 0 Å². The largest absolute Gasteiger partial charge is 0.386 e. The minimum Gasteiger partial charge on any atom is -0.386 e. The molecule has 2 nitrogen and oxygen atoms in total. The van der Waals surface area contributed by atoms with Crippen molar-refractivity contribution in [2.24, 2.45) is 0 Å². The summed E-state index contributed by atoms with van der Waals surface area (Å²) in [5, 5.41) is 10.5. The van der Waals surface area contributed by atoms with Gasteiger partial charge in [-0.15, -0.1) is 0 Å². The van der Waals surface area contributed by atoms with Gasteiger partial charge in [0.15, 0.2) is 0 Å². The van der Waals surface area contributed by atoms with Gasteiger partial charge in [0, 0.05) is 11.1 Å². The first kappa shape index (κ1) is 15.1. The molecule has 1 aromatic carbocycles. The smallest absolute Gasteiger partial charge is 0.129 e. The van der Waals surface area contributed by atoms with Crippen molar-refractivity contribution in [1.82, 2.24) is 4.90 Å². The Morgan fingerprint density at radius 1 is 1.28 bits per heavy atom. The Bertz CT molecular complexity index is 399. The average Bonchev–Trinajstić information content (AvgIpc) is 2.32. The highest BCUT2D eigenvalue weighted by atomic mass is 19.1. The van der Waals surface area contributed by atoms with Gasteiger partial charge < -0.3 is 5.11 Å². The van der Waals surface area contributed by atoms with E-state index in [1.807, 2.05) is 34.6 Å². The van der Waals surface area contributed by atoms with Gasteiger partial charge in [-0.2, -0.15) is 0 Å². The van der Waals surface area contributed by atoms with Crippen LogP contribution >= 0.6 is 0 Å². The molecule has 1 rings (SSSR count). The van der Waals surface area contributed by atoms with Crippen LogP contribution in [-0.4, -0.2) is 28.6 Å². The molecule has 0 spiro atoms. The lowest BCUT2D eigenvalue weighted by molar-refractivity contribution is -0.00815. The van der Waals surface area contributed by atoms with E-state index in [0.717, 1.165) is 18.7 Å². The second kappa shape index (κ2) is 5.81. The number of benzene rings is 1. The Hall–Kier alpha value is -0.930. The molecule has 0 aliphatic heterocycles. The molecule has 0 fully saturated rings. The Balaban J connectivity index is 3.12. The van der Waals surface area contributed by atoms with E-state index in [9.17, 15) is 9.50 Å². The normalized spacial score (nSPS) is 14.0. The van der Waals surface area contributed by atoms with Crippen molar-refractivity contribution in [1.29, 1.82) is 0 Å². The van der Waals surface area contributed by atoms with E-state index in [4.69, 9.17) is 0 Å². The van der Waals surface area contributed by atoms with Crippen molar-refractivity contribution < 1.29 is 9.50 Å². The van der Waals surface area contributed by atoms with Gasteiger partial charge in [0.1, 0.15) is 5.82 Å². The Kier molecular flexibility index (Phi) is 4.88. The minimum atomic E-state index is -0.836. The van der Waals surface area contributed by atoms with Crippen LogP contribution in [0.3, 0.4) is 0 Å². The lowest BCUT2D eigenvalue weighted by Gasteiger charge is -2.41. The second-order valence-corrected chi connectivity index (χ2v) is 5.25. The van der Waals surface area contributed by atoms with Crippen molar-refractivity contribution >= 4 is 0 Å². The van der Waals surface area contributed by atoms with Gasteiger partial charge in [-0.3, -0.25) is 4.90 Å². The highest BCUT2D eigenvalue weighted by molar-refractivity contribution is 5.28. The molecule has 0 radical (unpaired) electrons. The molecule has 1 aromatic rings. The zero-order valence-corrected chi connectivity index (χ0v) is 12.0. The SMILES string of the molecule is CCN(CC)C(C)(C)C(O)c1cc(C)ccc1F. The van der Waals surface area contributed by atoms with Crippen molar-refractivity contribution in [3.63, 3.8) is 0 Å². The highest BCUT2D eigenvalue weighted by Crippen LogP contribution is 2.32. The van der Waals surface area contributed by atoms with E-state index in [2.05, 4.69) is 4.90 Å². The number of likely N-dealkylation sites (N-methyl/N-ethyl adjacent to an activating group) is 1. The van der Waals surface area contributed by atoms with Crippen LogP contribution in [-0.2, 0) is 0 Å². The third-order valence-electron chi connectivity index (χ3n) is 3.69. The Labute approximate surface area is 109 Å². The van der Waals surface area contributed by atoms with Gasteiger partial charge in [0.05, 0.1) is 6.10 Å². The standard InChI is InChI=1S/C15H24FNO/c1-6-17(7-2)15(4,5)14(18)12-10-11(3)8-9-13(12)16/h8-10,14,18H,6-7H2,1-5H3. The molecule has 0 aromatic heterocycles. The first-order chi connectivity index (χ1) is 8.34. The molecule has 0 saturated carbocycles. The molecular formula is C15H24FNO. The van der Waals surface area contributed by atoms with Gasteiger partial charge in [-0.25, -0.2) is 4.39 Å². The summed E-state index contributed by atoms with van der Waals surface area (Å²) >= 11 is 0. The zero-order valence-electron chi connectivity index (χ0n) is 12.0. The summed E-state index contributed by atoms with van der Waals surface area (Å²) < 4.78 is 13.8. The predicted molar refractivity (Wildman–Crippen MR) is 73.1 cm³/mol. The summed E-state index contributed by atoms with van der Waals surface area (Å²) in [6.07, 6.45) is -0.836. The summed E-state index contributed by atoms with van der Waals surface area (Å²) in [5.41, 5.74) is 0.852. The molecule has 1 unspecified atom stereocenters. The number of aliphatic hydroxyl groups excluding tert-OH is 1. The first-order valence-electron chi connectivity index (χ1n) is 6.53. The third kappa shape index (κ3) is 2.90. The average molecular weight is 253 g/mol. The molecule has 0 saturated heterocycles. The molecule has 18 heavy (non-hydrogen) atoms. The summed E-state index contributed by atoms with van der Waals surface area (Å²) in [5.74, 6) is -0.340. The highest BCUT2D eigenvalue weighted by Gasteiger charge is 2.35. The molecule has 0 bridgehead atoms. The Morgan fingerprint density at radius 3 is 2.33 bits per heavy atom. The van der Waals surface area contributed by atoms with E-state index >= 15 is 0 Å². The summed E-state index contributed by atoms with van der Waals surface area (Å²) in [7, 11) is 0. The lowest BCUT2D eigenvalue weighted by atomic mass is 9.88. The fourth-order valence-corrected chi connectivity index (χ4v) is 2.46. The van der Waals surface area contributed by atoms with E-state index in [1.165, 1.54) is 6.07 Å². The number of hydrogen-bond donors (Lipinski definition) is 1. The van der Waals surface area contributed by atoms with E-state index in [-0.39, 0.29) is 5.82 Å². The van der Waals surface area contributed by atoms with Crippen LogP contribution in [0.2, 0.25) is 0 Å². The maximum Gasteiger partial charge on any atom is 0.129 e. The molecule has 102 valence electrons. The molecule has 0 aliphatic rings. The second-order valence-electron chi connectivity index (χ2n) is 5.25. The van der Waals surface area contributed by atoms with Gasteiger partial charge in [0.2, 0.25) is 0 Å². The van der Waals surface area contributed by atoms with Crippen LogP contribution in [0.4, 0.5) is 4.39 Å². The van der Waals surface area contributed by atoms with Crippen LogP contribution in [0.5, 0.6) is 0 Å². The quantitative estimate of drug-likeness (QED) is 0.870. The molecule has 3 heteroatoms.